The van der Waals surface area contributed by atoms with Crippen LogP contribution in [0.4, 0.5) is 14.0 Å². The molecule has 0 radical (unpaired) electrons. The van der Waals surface area contributed by atoms with Crippen LogP contribution in [-0.2, 0) is 56.5 Å². The zero-order valence-corrected chi connectivity index (χ0v) is 29.6. The van der Waals surface area contributed by atoms with Crippen molar-refractivity contribution >= 4 is 45.9 Å². The van der Waals surface area contributed by atoms with Crippen LogP contribution in [0.1, 0.15) is 57.6 Å². The van der Waals surface area contributed by atoms with E-state index >= 15 is 0 Å². The van der Waals surface area contributed by atoms with E-state index in [0.29, 0.717) is 24.0 Å². The van der Waals surface area contributed by atoms with Crippen LogP contribution in [0.2, 0.25) is 0 Å². The summed E-state index contributed by atoms with van der Waals surface area (Å²) in [7, 11) is -4.00. The molecule has 3 fully saturated rings. The highest BCUT2D eigenvalue weighted by Crippen LogP contribution is 2.46. The molecule has 2 saturated carbocycles. The molecule has 5 atom stereocenters. The number of hydrogen-bond acceptors (Lipinski definition) is 11. The van der Waals surface area contributed by atoms with Crippen LogP contribution in [0.25, 0.3) is 0 Å². The smallest absolute Gasteiger partial charge is 0.410 e. The van der Waals surface area contributed by atoms with E-state index in [2.05, 4.69) is 15.4 Å². The first-order valence-corrected chi connectivity index (χ1v) is 18.4. The summed E-state index contributed by atoms with van der Waals surface area (Å²) >= 11 is 0. The van der Waals surface area contributed by atoms with E-state index in [1.807, 2.05) is 0 Å². The van der Waals surface area contributed by atoms with Crippen LogP contribution in [0.15, 0.2) is 42.5 Å². The number of carbonyl (C=O) groups excluding carboxylic acids is 6. The molecule has 6 rings (SSSR count). The number of nitrogens with one attached hydrogen (secondary N) is 3. The molecule has 3 aliphatic heterocycles. The van der Waals surface area contributed by atoms with E-state index in [1.54, 1.807) is 26.8 Å². The van der Waals surface area contributed by atoms with Gasteiger partial charge in [-0.3, -0.25) is 24.0 Å². The van der Waals surface area contributed by atoms with Gasteiger partial charge in [0.25, 0.3) is 5.91 Å². The standard InChI is InChI=1S/C34H40FN5O11S/c1-33(2,3)51-31(45)36-25-18-49-27(41)10-5-4-8-20-14-34(20,30(44)38-52(47,48)22-11-12-22)37-28(42)26-13-21(16-40(26)29(25)43)50-32(46)39-15-19-7-6-9-24(35)23(19)17-39/h4-10,20-22,25-26H,11-18H2,1-3H3,(H,36,45)(H,37,42)(H,38,44)/b8-4-,10-5+/t20-,21-,25+,26+,34-/m1/s1. The van der Waals surface area contributed by atoms with Crippen molar-refractivity contribution in [2.24, 2.45) is 5.92 Å². The number of hydrogen-bond donors (Lipinski definition) is 3. The van der Waals surface area contributed by atoms with Crippen LogP contribution >= 0.6 is 0 Å². The van der Waals surface area contributed by atoms with Crippen LogP contribution in [0.3, 0.4) is 0 Å². The quantitative estimate of drug-likeness (QED) is 0.289. The van der Waals surface area contributed by atoms with Gasteiger partial charge in [0.15, 0.2) is 0 Å². The van der Waals surface area contributed by atoms with Crippen LogP contribution < -0.4 is 15.4 Å². The summed E-state index contributed by atoms with van der Waals surface area (Å²) in [6, 6.07) is 1.53. The molecule has 0 unspecified atom stereocenters. The third kappa shape index (κ3) is 8.05. The Morgan fingerprint density at radius 3 is 2.54 bits per heavy atom. The maximum Gasteiger partial charge on any atom is 0.410 e. The van der Waals surface area contributed by atoms with Crippen LogP contribution in [-0.4, -0.2) is 102 Å². The molecule has 1 aromatic rings. The number of benzene rings is 1. The SMILES string of the molecule is CC(C)(C)OC(=O)N[C@H]1COC(=O)/C=C/C=C\[C@@H]2C[C@@]2(C(=O)NS(=O)(=O)C2CC2)NC(=O)[C@@H]2C[C@@H](OC(=O)N3Cc4cccc(F)c4C3)CN2C1=O. The fourth-order valence-electron chi connectivity index (χ4n) is 6.44. The number of ether oxygens (including phenoxy) is 3. The monoisotopic (exact) mass is 745 g/mol. The largest absolute Gasteiger partial charge is 0.460 e. The van der Waals surface area contributed by atoms with Crippen molar-refractivity contribution in [3.05, 3.63) is 59.4 Å². The lowest BCUT2D eigenvalue weighted by molar-refractivity contribution is -0.145. The first-order valence-electron chi connectivity index (χ1n) is 16.9. The van der Waals surface area contributed by atoms with E-state index in [1.165, 1.54) is 35.3 Å². The maximum atomic E-state index is 14.4. The summed E-state index contributed by atoms with van der Waals surface area (Å²) in [6.45, 7) is 3.81. The Bertz CT molecular complexity index is 1860. The molecule has 3 heterocycles. The number of carbonyl (C=O) groups is 6. The predicted molar refractivity (Wildman–Crippen MR) is 177 cm³/mol. The molecule has 3 N–H and O–H groups in total. The average Bonchev–Trinajstić information content (AvgIpc) is 3.94. The van der Waals surface area contributed by atoms with Crippen LogP contribution in [0.5, 0.6) is 0 Å². The number of fused-ring (bicyclic) bond motifs is 3. The summed E-state index contributed by atoms with van der Waals surface area (Å²) in [6.07, 6.45) is 2.93. The lowest BCUT2D eigenvalue weighted by Gasteiger charge is -2.30. The molecule has 1 saturated heterocycles. The van der Waals surface area contributed by atoms with E-state index in [0.717, 1.165) is 11.0 Å². The highest BCUT2D eigenvalue weighted by atomic mass is 32.2. The molecule has 5 amide bonds. The van der Waals surface area contributed by atoms with Gasteiger partial charge in [0, 0.05) is 30.5 Å². The second kappa shape index (κ2) is 13.9. The molecule has 2 aliphatic carbocycles. The van der Waals surface area contributed by atoms with Gasteiger partial charge in [-0.25, -0.2) is 27.2 Å². The van der Waals surface area contributed by atoms with Gasteiger partial charge in [-0.2, -0.15) is 0 Å². The minimum Gasteiger partial charge on any atom is -0.460 e. The first-order chi connectivity index (χ1) is 24.5. The number of amides is 5. The fraction of sp³-hybridized carbons (Fsp3) is 0.529. The summed E-state index contributed by atoms with van der Waals surface area (Å²) in [5.74, 6) is -4.74. The Labute approximate surface area is 299 Å². The molecular formula is C34H40FN5O11S. The van der Waals surface area contributed by atoms with Gasteiger partial charge in [0.2, 0.25) is 21.8 Å². The topological polar surface area (TPSA) is 207 Å². The predicted octanol–water partition coefficient (Wildman–Crippen LogP) is 1.29. The maximum absolute atomic E-state index is 14.4. The van der Waals surface area contributed by atoms with Crippen molar-refractivity contribution in [2.45, 2.75) is 94.1 Å². The Morgan fingerprint density at radius 1 is 1.10 bits per heavy atom. The summed E-state index contributed by atoms with van der Waals surface area (Å²) in [5.41, 5.74) is -1.73. The lowest BCUT2D eigenvalue weighted by Crippen LogP contribution is -2.59. The number of nitrogens with zero attached hydrogens (tertiary/aromatic N) is 2. The van der Waals surface area contributed by atoms with Crippen molar-refractivity contribution < 1.29 is 55.8 Å². The van der Waals surface area contributed by atoms with Crippen molar-refractivity contribution in [1.82, 2.24) is 25.2 Å². The Balaban J connectivity index is 1.27. The summed E-state index contributed by atoms with van der Waals surface area (Å²) < 4.78 is 58.2. The highest BCUT2D eigenvalue weighted by molar-refractivity contribution is 7.91. The van der Waals surface area contributed by atoms with Gasteiger partial charge in [-0.15, -0.1) is 0 Å². The third-order valence-electron chi connectivity index (χ3n) is 9.33. The van der Waals surface area contributed by atoms with Gasteiger partial charge in [-0.1, -0.05) is 30.4 Å². The second-order valence-corrected chi connectivity index (χ2v) is 16.5. The molecule has 280 valence electrons. The van der Waals surface area contributed by atoms with Crippen LogP contribution in [0, 0.1) is 11.7 Å². The number of esters is 1. The van der Waals surface area contributed by atoms with E-state index in [4.69, 9.17) is 14.2 Å². The molecular weight excluding hydrogens is 705 g/mol. The van der Waals surface area contributed by atoms with Gasteiger partial charge >= 0.3 is 18.2 Å². The number of sulfonamides is 1. The Kier molecular flexibility index (Phi) is 9.80. The minimum absolute atomic E-state index is 0.00747. The number of allylic oxidation sites excluding steroid dienone is 2. The number of rotatable bonds is 5. The molecule has 52 heavy (non-hydrogen) atoms. The fourth-order valence-corrected chi connectivity index (χ4v) is 7.80. The molecule has 5 aliphatic rings. The summed E-state index contributed by atoms with van der Waals surface area (Å²) in [5, 5.41) is 4.33. The van der Waals surface area contributed by atoms with E-state index < -0.39 is 98.8 Å². The first kappa shape index (κ1) is 36.8. The van der Waals surface area contributed by atoms with Crippen molar-refractivity contribution in [2.75, 3.05) is 13.2 Å². The molecule has 1 aromatic carbocycles. The summed E-state index contributed by atoms with van der Waals surface area (Å²) in [4.78, 5) is 82.8. The lowest BCUT2D eigenvalue weighted by atomic mass is 10.1. The van der Waals surface area contributed by atoms with Gasteiger partial charge in [0.05, 0.1) is 18.3 Å². The third-order valence-corrected chi connectivity index (χ3v) is 11.2. The van der Waals surface area contributed by atoms with Crippen molar-refractivity contribution in [3.8, 4) is 0 Å². The second-order valence-electron chi connectivity index (χ2n) is 14.5. The minimum atomic E-state index is -4.00. The zero-order chi connectivity index (χ0) is 37.6. The zero-order valence-electron chi connectivity index (χ0n) is 28.8. The van der Waals surface area contributed by atoms with Gasteiger partial charge in [-0.05, 0) is 51.7 Å². The normalized spacial score (nSPS) is 28.8. The number of cyclic esters (lactones) is 1. The van der Waals surface area contributed by atoms with E-state index in [-0.39, 0.29) is 32.5 Å². The Morgan fingerprint density at radius 2 is 1.85 bits per heavy atom. The molecule has 16 nitrogen and oxygen atoms in total. The molecule has 0 aromatic heterocycles. The van der Waals surface area contributed by atoms with Crippen molar-refractivity contribution in [3.63, 3.8) is 0 Å². The van der Waals surface area contributed by atoms with Crippen molar-refractivity contribution in [1.29, 1.82) is 0 Å². The molecule has 0 spiro atoms. The Hall–Kier alpha value is -5.00. The average molecular weight is 746 g/mol. The van der Waals surface area contributed by atoms with Gasteiger partial charge in [0.1, 0.15) is 41.8 Å². The molecule has 18 heteroatoms. The van der Waals surface area contributed by atoms with E-state index in [9.17, 15) is 41.6 Å². The number of halogens is 1. The molecule has 0 bridgehead atoms. The van der Waals surface area contributed by atoms with Gasteiger partial charge < -0.3 is 29.7 Å². The number of alkyl carbamates (subject to hydrolysis) is 1. The highest BCUT2D eigenvalue weighted by Gasteiger charge is 2.62.